The number of nitrogens with zero attached hydrogens (tertiary/aromatic N) is 4. The van der Waals surface area contributed by atoms with Gasteiger partial charge in [0.15, 0.2) is 5.96 Å². The number of methoxy groups -OCH3 is 1. The Bertz CT molecular complexity index is 745. The van der Waals surface area contributed by atoms with Crippen LogP contribution in [0.5, 0.6) is 5.75 Å². The molecular formula is C20H28IN5O. The van der Waals surface area contributed by atoms with Gasteiger partial charge in [-0.1, -0.05) is 12.1 Å². The van der Waals surface area contributed by atoms with Gasteiger partial charge in [0, 0.05) is 46.0 Å². The zero-order valence-corrected chi connectivity index (χ0v) is 18.5. The lowest BCUT2D eigenvalue weighted by Gasteiger charge is -2.37. The lowest BCUT2D eigenvalue weighted by Crippen LogP contribution is -2.52. The van der Waals surface area contributed by atoms with E-state index in [1.807, 2.05) is 31.4 Å². The van der Waals surface area contributed by atoms with Gasteiger partial charge in [0.2, 0.25) is 0 Å². The summed E-state index contributed by atoms with van der Waals surface area (Å²) in [6.07, 6.45) is 1.85. The highest BCUT2D eigenvalue weighted by atomic mass is 127. The Balaban J connectivity index is 0.00000261. The molecule has 2 aromatic rings. The summed E-state index contributed by atoms with van der Waals surface area (Å²) in [7, 11) is 3.54. The molecule has 2 heterocycles. The summed E-state index contributed by atoms with van der Waals surface area (Å²) >= 11 is 0. The number of halogens is 1. The highest BCUT2D eigenvalue weighted by molar-refractivity contribution is 14.0. The number of aromatic nitrogens is 1. The number of nitrogens with one attached hydrogen (secondary N) is 1. The van der Waals surface area contributed by atoms with E-state index in [9.17, 15) is 0 Å². The molecule has 1 aromatic heterocycles. The zero-order chi connectivity index (χ0) is 18.4. The standard InChI is InChI=1S/C20H27N5O.HI/c1-16-12-17(14-18(13-16)26-3)15-23-20(21-2)25-10-8-24(9-11-25)19-6-4-5-7-22-19;/h4-7,12-14H,8-11,15H2,1-3H3,(H,21,23);1H. The van der Waals surface area contributed by atoms with Crippen LogP contribution in [0.15, 0.2) is 47.6 Å². The highest BCUT2D eigenvalue weighted by Crippen LogP contribution is 2.17. The van der Waals surface area contributed by atoms with Crippen molar-refractivity contribution in [2.45, 2.75) is 13.5 Å². The molecule has 1 fully saturated rings. The molecule has 1 N–H and O–H groups in total. The molecule has 3 rings (SSSR count). The zero-order valence-electron chi connectivity index (χ0n) is 16.2. The number of rotatable bonds is 4. The molecule has 27 heavy (non-hydrogen) atoms. The quantitative estimate of drug-likeness (QED) is 0.414. The van der Waals surface area contributed by atoms with Crippen molar-refractivity contribution in [3.63, 3.8) is 0 Å². The molecule has 6 nitrogen and oxygen atoms in total. The Morgan fingerprint density at radius 2 is 1.96 bits per heavy atom. The van der Waals surface area contributed by atoms with Crippen molar-refractivity contribution in [1.29, 1.82) is 0 Å². The van der Waals surface area contributed by atoms with Crippen LogP contribution in [0.25, 0.3) is 0 Å². The molecule has 1 aliphatic rings. The lowest BCUT2D eigenvalue weighted by molar-refractivity contribution is 0.371. The summed E-state index contributed by atoms with van der Waals surface area (Å²) in [5, 5.41) is 3.47. The first-order valence-electron chi connectivity index (χ1n) is 8.95. The summed E-state index contributed by atoms with van der Waals surface area (Å²) < 4.78 is 5.36. The van der Waals surface area contributed by atoms with Crippen LogP contribution in [-0.2, 0) is 6.54 Å². The van der Waals surface area contributed by atoms with Crippen LogP contribution in [0.1, 0.15) is 11.1 Å². The van der Waals surface area contributed by atoms with Crippen LogP contribution in [0.4, 0.5) is 5.82 Å². The fraction of sp³-hybridized carbons (Fsp3) is 0.400. The van der Waals surface area contributed by atoms with Crippen LogP contribution in [0.2, 0.25) is 0 Å². The Labute approximate surface area is 178 Å². The van der Waals surface area contributed by atoms with Crippen molar-refractivity contribution in [1.82, 2.24) is 15.2 Å². The highest BCUT2D eigenvalue weighted by Gasteiger charge is 2.20. The molecule has 0 bridgehead atoms. The average molecular weight is 481 g/mol. The first kappa shape index (κ1) is 21.3. The number of aryl methyl sites for hydroxylation is 1. The Morgan fingerprint density at radius 1 is 1.19 bits per heavy atom. The van der Waals surface area contributed by atoms with E-state index in [0.29, 0.717) is 0 Å². The number of benzene rings is 1. The molecule has 146 valence electrons. The van der Waals surface area contributed by atoms with Gasteiger partial charge in [-0.05, 0) is 42.3 Å². The third kappa shape index (κ3) is 5.72. The molecule has 1 aliphatic heterocycles. The minimum Gasteiger partial charge on any atom is -0.497 e. The summed E-state index contributed by atoms with van der Waals surface area (Å²) in [6, 6.07) is 12.3. The number of ether oxygens (including phenoxy) is 1. The second kappa shape index (κ2) is 10.3. The minimum atomic E-state index is 0. The monoisotopic (exact) mass is 481 g/mol. The van der Waals surface area contributed by atoms with E-state index in [-0.39, 0.29) is 24.0 Å². The van der Waals surface area contributed by atoms with Gasteiger partial charge >= 0.3 is 0 Å². The summed E-state index contributed by atoms with van der Waals surface area (Å²) in [6.45, 7) is 6.54. The van der Waals surface area contributed by atoms with E-state index >= 15 is 0 Å². The van der Waals surface area contributed by atoms with Gasteiger partial charge in [0.1, 0.15) is 11.6 Å². The van der Waals surface area contributed by atoms with Crippen molar-refractivity contribution in [2.24, 2.45) is 4.99 Å². The summed E-state index contributed by atoms with van der Waals surface area (Å²) in [5.41, 5.74) is 2.38. The topological polar surface area (TPSA) is 53.0 Å². The molecule has 0 radical (unpaired) electrons. The maximum absolute atomic E-state index is 5.36. The third-order valence-electron chi connectivity index (χ3n) is 4.56. The summed E-state index contributed by atoms with van der Waals surface area (Å²) in [4.78, 5) is 13.5. The fourth-order valence-corrected chi connectivity index (χ4v) is 3.25. The number of hydrogen-bond acceptors (Lipinski definition) is 4. The molecule has 1 saturated heterocycles. The Kier molecular flexibility index (Phi) is 8.15. The van der Waals surface area contributed by atoms with E-state index in [0.717, 1.165) is 50.3 Å². The van der Waals surface area contributed by atoms with Gasteiger partial charge in [-0.3, -0.25) is 4.99 Å². The van der Waals surface area contributed by atoms with E-state index in [1.54, 1.807) is 7.11 Å². The fourth-order valence-electron chi connectivity index (χ4n) is 3.25. The lowest BCUT2D eigenvalue weighted by atomic mass is 10.1. The molecule has 1 aromatic carbocycles. The van der Waals surface area contributed by atoms with Gasteiger partial charge in [-0.25, -0.2) is 4.98 Å². The van der Waals surface area contributed by atoms with E-state index in [2.05, 4.69) is 50.2 Å². The number of aliphatic imine (C=N–C) groups is 1. The normalized spacial score (nSPS) is 14.6. The number of anilines is 1. The SMILES string of the molecule is CN=C(NCc1cc(C)cc(OC)c1)N1CCN(c2ccccn2)CC1.I. The first-order valence-corrected chi connectivity index (χ1v) is 8.95. The summed E-state index contributed by atoms with van der Waals surface area (Å²) in [5.74, 6) is 2.87. The molecule has 0 unspecified atom stereocenters. The van der Waals surface area contributed by atoms with Gasteiger partial charge in [0.25, 0.3) is 0 Å². The maximum atomic E-state index is 5.36. The van der Waals surface area contributed by atoms with Crippen molar-refractivity contribution < 1.29 is 4.74 Å². The number of pyridine rings is 1. The van der Waals surface area contributed by atoms with Gasteiger partial charge in [-0.2, -0.15) is 0 Å². The van der Waals surface area contributed by atoms with Crippen molar-refractivity contribution in [2.75, 3.05) is 45.2 Å². The molecule has 0 atom stereocenters. The van der Waals surface area contributed by atoms with E-state index in [1.165, 1.54) is 11.1 Å². The third-order valence-corrected chi connectivity index (χ3v) is 4.56. The molecule has 0 saturated carbocycles. The minimum absolute atomic E-state index is 0. The van der Waals surface area contributed by atoms with Crippen molar-refractivity contribution in [3.05, 3.63) is 53.7 Å². The van der Waals surface area contributed by atoms with Crippen molar-refractivity contribution in [3.8, 4) is 5.75 Å². The molecule has 0 amide bonds. The van der Waals surface area contributed by atoms with E-state index in [4.69, 9.17) is 4.74 Å². The van der Waals surface area contributed by atoms with E-state index < -0.39 is 0 Å². The van der Waals surface area contributed by atoms with Crippen LogP contribution in [-0.4, -0.2) is 56.2 Å². The molecular weight excluding hydrogens is 453 g/mol. The van der Waals surface area contributed by atoms with Crippen molar-refractivity contribution >= 4 is 35.8 Å². The van der Waals surface area contributed by atoms with Gasteiger partial charge in [-0.15, -0.1) is 24.0 Å². The second-order valence-electron chi connectivity index (χ2n) is 6.42. The molecule has 7 heteroatoms. The number of piperazine rings is 1. The maximum Gasteiger partial charge on any atom is 0.194 e. The predicted molar refractivity (Wildman–Crippen MR) is 121 cm³/mol. The Hall–Kier alpha value is -2.03. The van der Waals surface area contributed by atoms with Crippen LogP contribution in [0.3, 0.4) is 0 Å². The largest absolute Gasteiger partial charge is 0.497 e. The molecule has 0 aliphatic carbocycles. The number of hydrogen-bond donors (Lipinski definition) is 1. The van der Waals surface area contributed by atoms with Gasteiger partial charge < -0.3 is 19.9 Å². The van der Waals surface area contributed by atoms with Crippen LogP contribution >= 0.6 is 24.0 Å². The predicted octanol–water partition coefficient (Wildman–Crippen LogP) is 2.91. The van der Waals surface area contributed by atoms with Gasteiger partial charge in [0.05, 0.1) is 7.11 Å². The first-order chi connectivity index (χ1) is 12.7. The second-order valence-corrected chi connectivity index (χ2v) is 6.42. The van der Waals surface area contributed by atoms with Crippen LogP contribution < -0.4 is 15.0 Å². The van der Waals surface area contributed by atoms with Crippen LogP contribution in [0, 0.1) is 6.92 Å². The number of guanidine groups is 1. The smallest absolute Gasteiger partial charge is 0.194 e. The average Bonchev–Trinajstić information content (AvgIpc) is 2.69. The Morgan fingerprint density at radius 3 is 2.59 bits per heavy atom. The molecule has 0 spiro atoms.